The number of aromatic carboxylic acids is 1. The van der Waals surface area contributed by atoms with Crippen LogP contribution < -0.4 is 4.90 Å². The molecule has 3 heterocycles. The van der Waals surface area contributed by atoms with E-state index in [2.05, 4.69) is 5.16 Å². The Hall–Kier alpha value is -3.40. The highest BCUT2D eigenvalue weighted by molar-refractivity contribution is 5.88. The zero-order valence-electron chi connectivity index (χ0n) is 19.7. The highest BCUT2D eigenvalue weighted by atomic mass is 19.1. The second kappa shape index (κ2) is 9.16. The van der Waals surface area contributed by atoms with Crippen LogP contribution in [0.1, 0.15) is 66.1 Å². The number of carboxylic acids is 1. The van der Waals surface area contributed by atoms with Crippen molar-refractivity contribution in [2.45, 2.75) is 69.2 Å². The summed E-state index contributed by atoms with van der Waals surface area (Å²) < 4.78 is 70.4. The number of halogens is 4. The van der Waals surface area contributed by atoms with Crippen molar-refractivity contribution in [2.75, 3.05) is 4.90 Å². The van der Waals surface area contributed by atoms with Crippen LogP contribution >= 0.6 is 0 Å². The van der Waals surface area contributed by atoms with E-state index in [0.29, 0.717) is 24.2 Å². The zero-order chi connectivity index (χ0) is 25.8. The fourth-order valence-corrected chi connectivity index (χ4v) is 5.81. The lowest BCUT2D eigenvalue weighted by atomic mass is 9.97. The first-order valence-electron chi connectivity index (χ1n) is 12.4. The number of aromatic nitrogens is 1. The number of nitrogens with zero attached hydrogens (tertiary/aromatic N) is 2. The number of fused-ring (bicyclic) bond motifs is 2. The maximum absolute atomic E-state index is 14.8. The molecule has 3 atom stereocenters. The number of carboxylic acid groups (broad SMARTS) is 1. The molecule has 2 bridgehead atoms. The summed E-state index contributed by atoms with van der Waals surface area (Å²) in [5, 5.41) is 13.1. The van der Waals surface area contributed by atoms with E-state index in [1.54, 1.807) is 4.90 Å². The zero-order valence-corrected chi connectivity index (χ0v) is 19.7. The Morgan fingerprint density at radius 3 is 2.19 bits per heavy atom. The lowest BCUT2D eigenvalue weighted by Crippen LogP contribution is -2.46. The summed E-state index contributed by atoms with van der Waals surface area (Å²) >= 11 is 0. The summed E-state index contributed by atoms with van der Waals surface area (Å²) in [6.07, 6.45) is 4.02. The first-order chi connectivity index (χ1) is 17.8. The van der Waals surface area contributed by atoms with Gasteiger partial charge < -0.3 is 19.3 Å². The van der Waals surface area contributed by atoms with Gasteiger partial charge in [-0.05, 0) is 62.8 Å². The van der Waals surface area contributed by atoms with Crippen molar-refractivity contribution in [3.63, 3.8) is 0 Å². The van der Waals surface area contributed by atoms with Gasteiger partial charge in [0.25, 0.3) is 0 Å². The highest BCUT2D eigenvalue weighted by Crippen LogP contribution is 2.46. The van der Waals surface area contributed by atoms with Crippen molar-refractivity contribution in [1.82, 2.24) is 5.16 Å². The minimum Gasteiger partial charge on any atom is -0.478 e. The second-order valence-corrected chi connectivity index (χ2v) is 10.0. The smallest absolute Gasteiger partial charge is 0.335 e. The molecule has 1 saturated carbocycles. The molecule has 3 aliphatic rings. The molecule has 1 N–H and O–H groups in total. The standard InChI is InChI=1S/C27H24F4N2O4/c28-19-2-1-3-20(29)23(19)24-18(26(37-32-24)13-4-5-13)12-36-17-10-15-6-7-16(11-17)33(15)25-21(30)8-14(27(34)35)9-22(25)31/h1-3,8-9,13,15-17H,4-7,10-12H2,(H,34,35)/t15-,16?,17?/m0/s1. The van der Waals surface area contributed by atoms with Crippen molar-refractivity contribution < 1.29 is 36.7 Å². The van der Waals surface area contributed by atoms with Crippen LogP contribution in [0.4, 0.5) is 23.2 Å². The maximum Gasteiger partial charge on any atom is 0.335 e. The third-order valence-corrected chi connectivity index (χ3v) is 7.64. The van der Waals surface area contributed by atoms with Crippen LogP contribution in [0.15, 0.2) is 34.9 Å². The number of hydrogen-bond donors (Lipinski definition) is 1. The molecule has 194 valence electrons. The lowest BCUT2D eigenvalue weighted by Gasteiger charge is -2.40. The molecule has 6 nitrogen and oxygen atoms in total. The third-order valence-electron chi connectivity index (χ3n) is 7.64. The molecule has 0 amide bonds. The Morgan fingerprint density at radius 1 is 1.00 bits per heavy atom. The van der Waals surface area contributed by atoms with Crippen LogP contribution in [0.5, 0.6) is 0 Å². The highest BCUT2D eigenvalue weighted by Gasteiger charge is 2.44. The fourth-order valence-electron chi connectivity index (χ4n) is 5.81. The van der Waals surface area contributed by atoms with Crippen molar-refractivity contribution in [2.24, 2.45) is 0 Å². The summed E-state index contributed by atoms with van der Waals surface area (Å²) in [4.78, 5) is 12.9. The summed E-state index contributed by atoms with van der Waals surface area (Å²) in [5.41, 5.74) is -0.263. The number of rotatable bonds is 7. The molecule has 2 unspecified atom stereocenters. The van der Waals surface area contributed by atoms with Gasteiger partial charge in [-0.3, -0.25) is 0 Å². The quantitative estimate of drug-likeness (QED) is 0.378. The van der Waals surface area contributed by atoms with Gasteiger partial charge in [0.05, 0.1) is 23.8 Å². The molecule has 37 heavy (non-hydrogen) atoms. The first kappa shape index (κ1) is 24.0. The summed E-state index contributed by atoms with van der Waals surface area (Å²) in [6, 6.07) is 4.95. The topological polar surface area (TPSA) is 75.8 Å². The molecule has 0 radical (unpaired) electrons. The van der Waals surface area contributed by atoms with E-state index in [1.165, 1.54) is 18.2 Å². The van der Waals surface area contributed by atoms with Gasteiger partial charge in [0.15, 0.2) is 0 Å². The van der Waals surface area contributed by atoms with E-state index in [9.17, 15) is 22.4 Å². The van der Waals surface area contributed by atoms with Gasteiger partial charge in [-0.2, -0.15) is 0 Å². The number of hydrogen-bond acceptors (Lipinski definition) is 5. The molecule has 1 aliphatic carbocycles. The van der Waals surface area contributed by atoms with Crippen LogP contribution in [0.3, 0.4) is 0 Å². The van der Waals surface area contributed by atoms with Gasteiger partial charge in [-0.25, -0.2) is 22.4 Å². The third kappa shape index (κ3) is 4.27. The van der Waals surface area contributed by atoms with Crippen LogP contribution in [0.2, 0.25) is 0 Å². The van der Waals surface area contributed by atoms with E-state index >= 15 is 0 Å². The average molecular weight is 516 g/mol. The molecular weight excluding hydrogens is 492 g/mol. The fraction of sp³-hybridized carbons (Fsp3) is 0.407. The molecule has 6 rings (SSSR count). The monoisotopic (exact) mass is 516 g/mol. The number of ether oxygens (including phenoxy) is 1. The minimum atomic E-state index is -1.40. The predicted octanol–water partition coefficient (Wildman–Crippen LogP) is 6.19. The molecule has 1 aromatic heterocycles. The maximum atomic E-state index is 14.8. The molecule has 2 aliphatic heterocycles. The van der Waals surface area contributed by atoms with Crippen LogP contribution in [-0.4, -0.2) is 34.4 Å². The Morgan fingerprint density at radius 2 is 1.62 bits per heavy atom. The number of carbonyl (C=O) groups is 1. The number of piperidine rings is 1. The SMILES string of the molecule is O=C(O)c1cc(F)c(N2C3CC[C@H]2CC(OCc2c(-c4c(F)cccc4F)noc2C2CC2)C3)c(F)c1. The second-order valence-electron chi connectivity index (χ2n) is 10.0. The Bertz CT molecular complexity index is 1320. The normalized spacial score (nSPS) is 23.0. The van der Waals surface area contributed by atoms with Crippen LogP contribution in [0, 0.1) is 23.3 Å². The van der Waals surface area contributed by atoms with Gasteiger partial charge in [-0.15, -0.1) is 0 Å². The summed E-state index contributed by atoms with van der Waals surface area (Å²) in [5.74, 6) is -3.93. The van der Waals surface area contributed by atoms with Gasteiger partial charge in [0.1, 0.15) is 40.4 Å². The number of benzene rings is 2. The molecule has 2 aromatic carbocycles. The molecule has 2 saturated heterocycles. The molecular formula is C27H24F4N2O4. The van der Waals surface area contributed by atoms with E-state index in [1.807, 2.05) is 0 Å². The Balaban J connectivity index is 1.22. The van der Waals surface area contributed by atoms with E-state index in [0.717, 1.165) is 37.8 Å². The average Bonchev–Trinajstić information content (AvgIpc) is 3.56. The Labute approximate surface area is 209 Å². The minimum absolute atomic E-state index is 0.0541. The van der Waals surface area contributed by atoms with Gasteiger partial charge in [0, 0.05) is 23.6 Å². The Kier molecular flexibility index (Phi) is 5.94. The van der Waals surface area contributed by atoms with Gasteiger partial charge in [0.2, 0.25) is 0 Å². The lowest BCUT2D eigenvalue weighted by molar-refractivity contribution is 0.0145. The van der Waals surface area contributed by atoms with E-state index in [-0.39, 0.29) is 47.7 Å². The van der Waals surface area contributed by atoms with Crippen molar-refractivity contribution in [3.05, 3.63) is 70.5 Å². The largest absolute Gasteiger partial charge is 0.478 e. The van der Waals surface area contributed by atoms with Crippen molar-refractivity contribution in [1.29, 1.82) is 0 Å². The first-order valence-corrected chi connectivity index (χ1v) is 12.4. The van der Waals surface area contributed by atoms with Crippen LogP contribution in [0.25, 0.3) is 11.3 Å². The van der Waals surface area contributed by atoms with E-state index < -0.39 is 34.8 Å². The summed E-state index contributed by atoms with van der Waals surface area (Å²) in [7, 11) is 0. The molecule has 3 aromatic rings. The van der Waals surface area contributed by atoms with Crippen LogP contribution in [-0.2, 0) is 11.3 Å². The molecule has 3 fully saturated rings. The van der Waals surface area contributed by atoms with E-state index in [4.69, 9.17) is 14.4 Å². The number of anilines is 1. The predicted molar refractivity (Wildman–Crippen MR) is 124 cm³/mol. The molecule has 10 heteroatoms. The van der Waals surface area contributed by atoms with Gasteiger partial charge >= 0.3 is 5.97 Å². The van der Waals surface area contributed by atoms with Crippen molar-refractivity contribution in [3.8, 4) is 11.3 Å². The summed E-state index contributed by atoms with van der Waals surface area (Å²) in [6.45, 7) is 0.0541. The molecule has 0 spiro atoms. The van der Waals surface area contributed by atoms with Crippen molar-refractivity contribution >= 4 is 11.7 Å². The van der Waals surface area contributed by atoms with Gasteiger partial charge in [-0.1, -0.05) is 11.2 Å².